The highest BCUT2D eigenvalue weighted by Crippen LogP contribution is 2.52. The molecule has 2 saturated carbocycles. The van der Waals surface area contributed by atoms with E-state index in [9.17, 15) is 4.79 Å². The number of para-hydroxylation sites is 1. The number of carbonyl (C=O) groups is 1. The van der Waals surface area contributed by atoms with Crippen molar-refractivity contribution in [2.45, 2.75) is 45.1 Å². The number of ketones is 1. The van der Waals surface area contributed by atoms with Gasteiger partial charge in [0.2, 0.25) is 0 Å². The maximum atomic E-state index is 11.9. The molecule has 0 heterocycles. The highest BCUT2D eigenvalue weighted by molar-refractivity contribution is 5.92. The zero-order valence-corrected chi connectivity index (χ0v) is 10.2. The van der Waals surface area contributed by atoms with E-state index in [-0.39, 0.29) is 11.5 Å². The molecule has 2 fully saturated rings. The molecule has 0 saturated heterocycles. The molecule has 3 rings (SSSR count). The third-order valence-electron chi connectivity index (χ3n) is 4.40. The van der Waals surface area contributed by atoms with Crippen LogP contribution in [-0.2, 0) is 4.79 Å². The van der Waals surface area contributed by atoms with Crippen LogP contribution in [0.1, 0.15) is 37.7 Å². The standard InChI is InChI=1S/C15H18O2/c1-11-6-2-3-7-12(11)17-14-10-13(16)15(14)8-4-5-9-15/h2-3,6-7,14H,4-5,8-10H2,1H3. The van der Waals surface area contributed by atoms with Crippen molar-refractivity contribution >= 4 is 5.78 Å². The largest absolute Gasteiger partial charge is 0.489 e. The van der Waals surface area contributed by atoms with E-state index in [0.717, 1.165) is 24.2 Å². The highest BCUT2D eigenvalue weighted by Gasteiger charge is 2.57. The fourth-order valence-electron chi connectivity index (χ4n) is 3.22. The molecule has 2 aliphatic rings. The lowest BCUT2D eigenvalue weighted by Gasteiger charge is -2.44. The Kier molecular flexibility index (Phi) is 2.46. The van der Waals surface area contributed by atoms with Crippen molar-refractivity contribution in [1.29, 1.82) is 0 Å². The Balaban J connectivity index is 1.79. The van der Waals surface area contributed by atoms with E-state index in [0.29, 0.717) is 12.2 Å². The first-order valence-electron chi connectivity index (χ1n) is 6.48. The van der Waals surface area contributed by atoms with Gasteiger partial charge >= 0.3 is 0 Å². The van der Waals surface area contributed by atoms with E-state index < -0.39 is 0 Å². The molecule has 1 spiro atoms. The molecule has 0 radical (unpaired) electrons. The molecule has 90 valence electrons. The second kappa shape index (κ2) is 3.86. The smallest absolute Gasteiger partial charge is 0.146 e. The Hall–Kier alpha value is -1.31. The first kappa shape index (κ1) is 10.8. The summed E-state index contributed by atoms with van der Waals surface area (Å²) in [7, 11) is 0. The predicted octanol–water partition coefficient (Wildman–Crippen LogP) is 3.28. The molecule has 1 aromatic carbocycles. The second-order valence-corrected chi connectivity index (χ2v) is 5.36. The summed E-state index contributed by atoms with van der Waals surface area (Å²) in [4.78, 5) is 11.9. The zero-order valence-electron chi connectivity index (χ0n) is 10.2. The van der Waals surface area contributed by atoms with Gasteiger partial charge in [0, 0.05) is 6.42 Å². The lowest BCUT2D eigenvalue weighted by Crippen LogP contribution is -2.55. The number of hydrogen-bond donors (Lipinski definition) is 0. The Morgan fingerprint density at radius 3 is 2.59 bits per heavy atom. The van der Waals surface area contributed by atoms with Gasteiger partial charge in [-0.05, 0) is 31.4 Å². The number of Topliss-reactive ketones (excluding diaryl/α,β-unsaturated/α-hetero) is 1. The maximum absolute atomic E-state index is 11.9. The number of aryl methyl sites for hydroxylation is 1. The first-order valence-corrected chi connectivity index (χ1v) is 6.48. The Morgan fingerprint density at radius 2 is 1.94 bits per heavy atom. The van der Waals surface area contributed by atoms with Gasteiger partial charge in [0.1, 0.15) is 17.6 Å². The van der Waals surface area contributed by atoms with Crippen molar-refractivity contribution < 1.29 is 9.53 Å². The zero-order chi connectivity index (χ0) is 11.9. The van der Waals surface area contributed by atoms with Crippen LogP contribution >= 0.6 is 0 Å². The summed E-state index contributed by atoms with van der Waals surface area (Å²) in [5.41, 5.74) is 1.03. The van der Waals surface area contributed by atoms with Gasteiger partial charge in [0.05, 0.1) is 5.41 Å². The molecule has 2 aliphatic carbocycles. The van der Waals surface area contributed by atoms with E-state index >= 15 is 0 Å². The van der Waals surface area contributed by atoms with Crippen molar-refractivity contribution in [3.8, 4) is 5.75 Å². The molecule has 1 unspecified atom stereocenters. The molecule has 0 amide bonds. The van der Waals surface area contributed by atoms with Crippen LogP contribution in [-0.4, -0.2) is 11.9 Å². The van der Waals surface area contributed by atoms with Crippen LogP contribution in [0.15, 0.2) is 24.3 Å². The van der Waals surface area contributed by atoms with Crippen LogP contribution in [0.2, 0.25) is 0 Å². The summed E-state index contributed by atoms with van der Waals surface area (Å²) in [5, 5.41) is 0. The molecule has 0 N–H and O–H groups in total. The number of carbonyl (C=O) groups excluding carboxylic acids is 1. The minimum atomic E-state index is -0.123. The molecule has 2 nitrogen and oxygen atoms in total. The number of benzene rings is 1. The van der Waals surface area contributed by atoms with Crippen LogP contribution in [0.4, 0.5) is 0 Å². The lowest BCUT2D eigenvalue weighted by atomic mass is 9.63. The summed E-state index contributed by atoms with van der Waals surface area (Å²) >= 11 is 0. The lowest BCUT2D eigenvalue weighted by molar-refractivity contribution is -0.151. The van der Waals surface area contributed by atoms with E-state index in [1.54, 1.807) is 0 Å². The van der Waals surface area contributed by atoms with Crippen LogP contribution in [0, 0.1) is 12.3 Å². The fraction of sp³-hybridized carbons (Fsp3) is 0.533. The summed E-state index contributed by atoms with van der Waals surface area (Å²) in [6.45, 7) is 2.05. The van der Waals surface area contributed by atoms with E-state index in [2.05, 4.69) is 13.0 Å². The van der Waals surface area contributed by atoms with Gasteiger partial charge < -0.3 is 4.74 Å². The quantitative estimate of drug-likeness (QED) is 0.779. The number of hydrogen-bond acceptors (Lipinski definition) is 2. The van der Waals surface area contributed by atoms with Gasteiger partial charge in [-0.15, -0.1) is 0 Å². The minimum absolute atomic E-state index is 0.123. The van der Waals surface area contributed by atoms with Crippen LogP contribution in [0.25, 0.3) is 0 Å². The van der Waals surface area contributed by atoms with Gasteiger partial charge in [-0.25, -0.2) is 0 Å². The highest BCUT2D eigenvalue weighted by atomic mass is 16.5. The molecule has 0 bridgehead atoms. The first-order chi connectivity index (χ1) is 8.22. The normalized spacial score (nSPS) is 25.9. The Bertz CT molecular complexity index is 444. The molecule has 17 heavy (non-hydrogen) atoms. The van der Waals surface area contributed by atoms with Crippen LogP contribution in [0.3, 0.4) is 0 Å². The van der Waals surface area contributed by atoms with Crippen molar-refractivity contribution in [3.63, 3.8) is 0 Å². The third kappa shape index (κ3) is 1.58. The molecular weight excluding hydrogens is 212 g/mol. The summed E-state index contributed by atoms with van der Waals surface area (Å²) < 4.78 is 6.07. The Labute approximate surface area is 102 Å². The molecule has 0 aromatic heterocycles. The summed E-state index contributed by atoms with van der Waals surface area (Å²) in [6.07, 6.45) is 5.15. The molecule has 2 heteroatoms. The Morgan fingerprint density at radius 1 is 1.24 bits per heavy atom. The molecule has 1 aromatic rings. The molecule has 0 aliphatic heterocycles. The van der Waals surface area contributed by atoms with Gasteiger partial charge in [-0.2, -0.15) is 0 Å². The van der Waals surface area contributed by atoms with Gasteiger partial charge in [-0.1, -0.05) is 31.0 Å². The van der Waals surface area contributed by atoms with Gasteiger partial charge in [-0.3, -0.25) is 4.79 Å². The second-order valence-electron chi connectivity index (χ2n) is 5.36. The SMILES string of the molecule is Cc1ccccc1OC1CC(=O)C12CCCC2. The summed E-state index contributed by atoms with van der Waals surface area (Å²) in [6, 6.07) is 8.06. The number of ether oxygens (including phenoxy) is 1. The number of rotatable bonds is 2. The van der Waals surface area contributed by atoms with Crippen molar-refractivity contribution in [2.75, 3.05) is 0 Å². The predicted molar refractivity (Wildman–Crippen MR) is 66.1 cm³/mol. The van der Waals surface area contributed by atoms with Crippen LogP contribution < -0.4 is 4.74 Å². The summed E-state index contributed by atoms with van der Waals surface area (Å²) in [5.74, 6) is 1.37. The maximum Gasteiger partial charge on any atom is 0.146 e. The van der Waals surface area contributed by atoms with Crippen LogP contribution in [0.5, 0.6) is 5.75 Å². The average Bonchev–Trinajstić information content (AvgIpc) is 2.83. The van der Waals surface area contributed by atoms with Gasteiger partial charge in [0.15, 0.2) is 0 Å². The topological polar surface area (TPSA) is 26.3 Å². The molecule has 1 atom stereocenters. The minimum Gasteiger partial charge on any atom is -0.489 e. The van der Waals surface area contributed by atoms with E-state index in [1.807, 2.05) is 18.2 Å². The van der Waals surface area contributed by atoms with E-state index in [1.165, 1.54) is 12.8 Å². The van der Waals surface area contributed by atoms with Gasteiger partial charge in [0.25, 0.3) is 0 Å². The van der Waals surface area contributed by atoms with Crippen molar-refractivity contribution in [3.05, 3.63) is 29.8 Å². The monoisotopic (exact) mass is 230 g/mol. The fourth-order valence-corrected chi connectivity index (χ4v) is 3.22. The van der Waals surface area contributed by atoms with Crippen molar-refractivity contribution in [2.24, 2.45) is 5.41 Å². The van der Waals surface area contributed by atoms with Crippen molar-refractivity contribution in [1.82, 2.24) is 0 Å². The third-order valence-corrected chi connectivity index (χ3v) is 4.40. The van der Waals surface area contributed by atoms with E-state index in [4.69, 9.17) is 4.74 Å². The average molecular weight is 230 g/mol. The molecular formula is C15H18O2.